The van der Waals surface area contributed by atoms with E-state index in [0.29, 0.717) is 10.7 Å². The molecule has 0 aromatic heterocycles. The van der Waals surface area contributed by atoms with Gasteiger partial charge in [0.05, 0.1) is 5.69 Å². The molecule has 1 saturated heterocycles. The summed E-state index contributed by atoms with van der Waals surface area (Å²) in [5, 5.41) is 3.43. The van der Waals surface area contributed by atoms with Gasteiger partial charge in [0.2, 0.25) is 5.91 Å². The Balaban J connectivity index is 2.03. The Labute approximate surface area is 137 Å². The fourth-order valence-corrected chi connectivity index (χ4v) is 3.50. The van der Waals surface area contributed by atoms with Gasteiger partial charge in [0.15, 0.2) is 0 Å². The maximum absolute atomic E-state index is 12.8. The van der Waals surface area contributed by atoms with Gasteiger partial charge in [0.25, 0.3) is 5.91 Å². The number of nitrogens with one attached hydrogen (secondary N) is 1. The van der Waals surface area contributed by atoms with Gasteiger partial charge in [0, 0.05) is 9.50 Å². The minimum absolute atomic E-state index is 0.0507. The lowest BCUT2D eigenvalue weighted by atomic mass is 10.0. The van der Waals surface area contributed by atoms with Gasteiger partial charge in [-0.1, -0.05) is 11.6 Å². The molecule has 1 aromatic rings. The Morgan fingerprint density at radius 2 is 2.00 bits per heavy atom. The van der Waals surface area contributed by atoms with Crippen molar-refractivity contribution in [3.8, 4) is 0 Å². The van der Waals surface area contributed by atoms with Crippen LogP contribution in [0.3, 0.4) is 0 Å². The van der Waals surface area contributed by atoms with Crippen molar-refractivity contribution in [3.05, 3.63) is 27.2 Å². The van der Waals surface area contributed by atoms with E-state index < -0.39 is 12.1 Å². The second kappa shape index (κ2) is 5.29. The van der Waals surface area contributed by atoms with Crippen LogP contribution in [0.4, 0.5) is 5.69 Å². The maximum atomic E-state index is 12.8. The Kier molecular flexibility index (Phi) is 3.74. The van der Waals surface area contributed by atoms with Gasteiger partial charge in [-0.2, -0.15) is 0 Å². The number of carbonyl (C=O) groups is 2. The van der Waals surface area contributed by atoms with Crippen molar-refractivity contribution in [1.29, 1.82) is 0 Å². The second-order valence-corrected chi connectivity index (χ2v) is 7.02. The zero-order valence-electron chi connectivity index (χ0n) is 11.8. The predicted octanol–water partition coefficient (Wildman–Crippen LogP) is 3.04. The molecule has 2 unspecified atom stereocenters. The Morgan fingerprint density at radius 1 is 1.33 bits per heavy atom. The minimum atomic E-state index is -0.539. The van der Waals surface area contributed by atoms with Crippen molar-refractivity contribution in [2.45, 2.75) is 38.8 Å². The molecule has 4 nitrogen and oxygen atoms in total. The number of carbonyl (C=O) groups excluding carboxylic acids is 2. The summed E-state index contributed by atoms with van der Waals surface area (Å²) in [7, 11) is 0. The number of halogens is 2. The van der Waals surface area contributed by atoms with Crippen molar-refractivity contribution in [2.24, 2.45) is 5.92 Å². The van der Waals surface area contributed by atoms with E-state index in [4.69, 9.17) is 11.6 Å². The minimum Gasteiger partial charge on any atom is -0.342 e. The molecule has 1 aromatic carbocycles. The topological polar surface area (TPSA) is 49.4 Å². The first-order valence-corrected chi connectivity index (χ1v) is 8.16. The molecule has 6 heteroatoms. The summed E-state index contributed by atoms with van der Waals surface area (Å²) in [6.45, 7) is 3.63. The summed E-state index contributed by atoms with van der Waals surface area (Å²) < 4.78 is 0.772. The van der Waals surface area contributed by atoms with Crippen molar-refractivity contribution in [2.75, 3.05) is 4.90 Å². The second-order valence-electron chi connectivity index (χ2n) is 5.76. The first-order chi connectivity index (χ1) is 9.90. The molecule has 1 aliphatic heterocycles. The van der Waals surface area contributed by atoms with Gasteiger partial charge in [-0.3, -0.25) is 14.5 Å². The average molecular weight is 372 g/mol. The van der Waals surface area contributed by atoms with Gasteiger partial charge < -0.3 is 5.32 Å². The molecule has 1 saturated carbocycles. The lowest BCUT2D eigenvalue weighted by Crippen LogP contribution is -2.63. The summed E-state index contributed by atoms with van der Waals surface area (Å²) in [5.41, 5.74) is 1.58. The molecule has 112 valence electrons. The van der Waals surface area contributed by atoms with E-state index >= 15 is 0 Å². The molecule has 1 heterocycles. The SMILES string of the molecule is Cc1cc(Br)c(N2C(=O)C(C3CC3)NC(=O)C2C)cc1Cl. The molecule has 2 amide bonds. The molecule has 3 rings (SSSR count). The summed E-state index contributed by atoms with van der Waals surface area (Å²) >= 11 is 9.67. The molecule has 2 fully saturated rings. The first-order valence-electron chi connectivity index (χ1n) is 6.99. The van der Waals surface area contributed by atoms with Crippen LogP contribution in [0.1, 0.15) is 25.3 Å². The lowest BCUT2D eigenvalue weighted by molar-refractivity contribution is -0.134. The molecule has 1 N–H and O–H groups in total. The summed E-state index contributed by atoms with van der Waals surface area (Å²) in [6.07, 6.45) is 1.99. The van der Waals surface area contributed by atoms with E-state index in [9.17, 15) is 9.59 Å². The zero-order chi connectivity index (χ0) is 15.3. The molecule has 1 aliphatic carbocycles. The molecule has 2 aliphatic rings. The van der Waals surface area contributed by atoms with Crippen LogP contribution in [0.15, 0.2) is 16.6 Å². The van der Waals surface area contributed by atoms with E-state index in [-0.39, 0.29) is 17.7 Å². The number of nitrogens with zero attached hydrogens (tertiary/aromatic N) is 1. The van der Waals surface area contributed by atoms with E-state index in [1.54, 1.807) is 17.9 Å². The summed E-state index contributed by atoms with van der Waals surface area (Å²) in [5.74, 6) is 0.108. The molecule has 0 bridgehead atoms. The lowest BCUT2D eigenvalue weighted by Gasteiger charge is -2.38. The highest BCUT2D eigenvalue weighted by Gasteiger charge is 2.46. The molecular weight excluding hydrogens is 356 g/mol. The van der Waals surface area contributed by atoms with Gasteiger partial charge in [-0.05, 0) is 66.2 Å². The van der Waals surface area contributed by atoms with Crippen molar-refractivity contribution < 1.29 is 9.59 Å². The number of benzene rings is 1. The summed E-state index contributed by atoms with van der Waals surface area (Å²) in [6, 6.07) is 2.68. The van der Waals surface area contributed by atoms with Gasteiger partial charge in [-0.25, -0.2) is 0 Å². The highest BCUT2D eigenvalue weighted by molar-refractivity contribution is 9.10. The van der Waals surface area contributed by atoms with Crippen LogP contribution in [0.25, 0.3) is 0 Å². The number of piperazine rings is 1. The zero-order valence-corrected chi connectivity index (χ0v) is 14.2. The first kappa shape index (κ1) is 14.9. The molecular formula is C15H16BrClN2O2. The maximum Gasteiger partial charge on any atom is 0.250 e. The Hall–Kier alpha value is -1.07. The molecule has 0 radical (unpaired) electrons. The standard InChI is InChI=1S/C15H16BrClN2O2/c1-7-5-10(16)12(6-11(7)17)19-8(2)14(20)18-13(15(19)21)9-3-4-9/h5-6,8-9,13H,3-4H2,1-2H3,(H,18,20). The highest BCUT2D eigenvalue weighted by Crippen LogP contribution is 2.39. The van der Waals surface area contributed by atoms with Crippen LogP contribution < -0.4 is 10.2 Å². The van der Waals surface area contributed by atoms with Crippen LogP contribution in [-0.2, 0) is 9.59 Å². The van der Waals surface area contributed by atoms with Crippen molar-refractivity contribution >= 4 is 45.0 Å². The van der Waals surface area contributed by atoms with Crippen LogP contribution in [-0.4, -0.2) is 23.9 Å². The number of amides is 2. The van der Waals surface area contributed by atoms with Crippen LogP contribution in [0.5, 0.6) is 0 Å². The summed E-state index contributed by atoms with van der Waals surface area (Å²) in [4.78, 5) is 26.5. The van der Waals surface area contributed by atoms with E-state index in [0.717, 1.165) is 22.9 Å². The molecule has 0 spiro atoms. The predicted molar refractivity (Wildman–Crippen MR) is 85.5 cm³/mol. The quantitative estimate of drug-likeness (QED) is 0.868. The highest BCUT2D eigenvalue weighted by atomic mass is 79.9. The fraction of sp³-hybridized carbons (Fsp3) is 0.467. The van der Waals surface area contributed by atoms with Gasteiger partial charge in [-0.15, -0.1) is 0 Å². The fourth-order valence-electron chi connectivity index (χ4n) is 2.69. The number of rotatable bonds is 2. The van der Waals surface area contributed by atoms with Crippen LogP contribution >= 0.6 is 27.5 Å². The third kappa shape index (κ3) is 2.57. The van der Waals surface area contributed by atoms with Crippen LogP contribution in [0.2, 0.25) is 5.02 Å². The number of hydrogen-bond acceptors (Lipinski definition) is 2. The van der Waals surface area contributed by atoms with Gasteiger partial charge >= 0.3 is 0 Å². The largest absolute Gasteiger partial charge is 0.342 e. The van der Waals surface area contributed by atoms with Crippen LogP contribution in [0, 0.1) is 12.8 Å². The number of aryl methyl sites for hydroxylation is 1. The molecule has 2 atom stereocenters. The Morgan fingerprint density at radius 3 is 2.62 bits per heavy atom. The third-order valence-electron chi connectivity index (χ3n) is 4.15. The Bertz CT molecular complexity index is 630. The molecule has 21 heavy (non-hydrogen) atoms. The van der Waals surface area contributed by atoms with Crippen molar-refractivity contribution in [1.82, 2.24) is 5.32 Å². The van der Waals surface area contributed by atoms with E-state index in [1.165, 1.54) is 0 Å². The monoisotopic (exact) mass is 370 g/mol. The number of anilines is 1. The average Bonchev–Trinajstić information content (AvgIpc) is 3.24. The smallest absolute Gasteiger partial charge is 0.250 e. The van der Waals surface area contributed by atoms with Crippen molar-refractivity contribution in [3.63, 3.8) is 0 Å². The van der Waals surface area contributed by atoms with E-state index in [2.05, 4.69) is 21.2 Å². The van der Waals surface area contributed by atoms with Gasteiger partial charge in [0.1, 0.15) is 12.1 Å². The third-order valence-corrected chi connectivity index (χ3v) is 5.19. The normalized spacial score (nSPS) is 26.0. The number of hydrogen-bond donors (Lipinski definition) is 1. The van der Waals surface area contributed by atoms with E-state index in [1.807, 2.05) is 13.0 Å².